The first-order chi connectivity index (χ1) is 28.9. The molecule has 2 aromatic heterocycles. The summed E-state index contributed by atoms with van der Waals surface area (Å²) in [6.07, 6.45) is -3.11. The lowest BCUT2D eigenvalue weighted by Gasteiger charge is -2.37. The van der Waals surface area contributed by atoms with Crippen LogP contribution in [0, 0.1) is 0 Å². The Morgan fingerprint density at radius 3 is 2.00 bits per heavy atom. The van der Waals surface area contributed by atoms with Crippen LogP contribution in [-0.4, -0.2) is 87.5 Å². The summed E-state index contributed by atoms with van der Waals surface area (Å²) >= 11 is 0. The maximum atomic E-state index is 14.3. The normalized spacial score (nSPS) is 18.4. The van der Waals surface area contributed by atoms with E-state index in [-0.39, 0.29) is 30.0 Å². The maximum Gasteiger partial charge on any atom is 0.408 e. The number of nitrogens with zero attached hydrogens (tertiary/aromatic N) is 4. The van der Waals surface area contributed by atoms with Gasteiger partial charge in [0.2, 0.25) is 0 Å². The minimum atomic E-state index is -1.46. The summed E-state index contributed by atoms with van der Waals surface area (Å²) in [5.41, 5.74) is 7.69. The number of anilines is 1. The SMILES string of the molecule is COc1ccc(C(OC[C@@H]2O[C@H](n3cnc4c(N)ncnc43)[C@H](OC(=O)C(Cc3ccccc3)NC(=O)OC(C)(C)C)[C@H]2O)(c2ccccc2)c2ccc(OC)cc2)cc1. The molecule has 1 aliphatic heterocycles. The van der Waals surface area contributed by atoms with Crippen LogP contribution >= 0.6 is 0 Å². The number of ether oxygens (including phenoxy) is 6. The van der Waals surface area contributed by atoms with E-state index in [4.69, 9.17) is 34.2 Å². The molecule has 7 rings (SSSR count). The summed E-state index contributed by atoms with van der Waals surface area (Å²) in [6, 6.07) is 32.7. The highest BCUT2D eigenvalue weighted by Crippen LogP contribution is 2.43. The number of carbonyl (C=O) groups excluding carboxylic acids is 2. The van der Waals surface area contributed by atoms with Gasteiger partial charge >= 0.3 is 12.1 Å². The highest BCUT2D eigenvalue weighted by Gasteiger charge is 2.50. The second-order valence-electron chi connectivity index (χ2n) is 15.2. The molecule has 1 unspecified atom stereocenters. The van der Waals surface area contributed by atoms with Crippen LogP contribution in [0.4, 0.5) is 10.6 Å². The topological polar surface area (TPSA) is 191 Å². The molecule has 0 saturated carbocycles. The summed E-state index contributed by atoms with van der Waals surface area (Å²) in [5, 5.41) is 14.9. The Kier molecular flexibility index (Phi) is 12.3. The molecule has 4 aromatic carbocycles. The van der Waals surface area contributed by atoms with Gasteiger partial charge in [-0.2, -0.15) is 0 Å². The smallest absolute Gasteiger partial charge is 0.408 e. The molecule has 1 aliphatic rings. The van der Waals surface area contributed by atoms with Crippen molar-refractivity contribution in [2.45, 2.75) is 69.0 Å². The maximum absolute atomic E-state index is 14.3. The molecule has 0 bridgehead atoms. The number of rotatable bonds is 14. The van der Waals surface area contributed by atoms with Crippen LogP contribution in [0.25, 0.3) is 11.2 Å². The van der Waals surface area contributed by atoms with E-state index in [1.165, 1.54) is 17.2 Å². The third-order valence-corrected chi connectivity index (χ3v) is 10.1. The Morgan fingerprint density at radius 1 is 0.833 bits per heavy atom. The van der Waals surface area contributed by atoms with E-state index in [9.17, 15) is 14.7 Å². The van der Waals surface area contributed by atoms with Crippen molar-refractivity contribution in [2.24, 2.45) is 0 Å². The quantitative estimate of drug-likeness (QED) is 0.0892. The van der Waals surface area contributed by atoms with E-state index in [1.54, 1.807) is 35.0 Å². The molecule has 1 amide bonds. The number of benzene rings is 4. The van der Waals surface area contributed by atoms with Crippen LogP contribution in [0.2, 0.25) is 0 Å². The number of aliphatic hydroxyl groups is 1. The minimum Gasteiger partial charge on any atom is -0.497 e. The molecule has 15 heteroatoms. The Bertz CT molecular complexity index is 2320. The van der Waals surface area contributed by atoms with Crippen molar-refractivity contribution in [3.63, 3.8) is 0 Å². The lowest BCUT2D eigenvalue weighted by atomic mass is 9.80. The summed E-state index contributed by atoms with van der Waals surface area (Å²) < 4.78 is 37.9. The number of hydrogen-bond donors (Lipinski definition) is 3. The Balaban J connectivity index is 1.26. The fraction of sp³-hybridized carbons (Fsp3) is 0.311. The monoisotopic (exact) mass is 816 g/mol. The van der Waals surface area contributed by atoms with Crippen LogP contribution in [-0.2, 0) is 35.8 Å². The number of aliphatic hydroxyl groups excluding tert-OH is 1. The number of nitrogen functional groups attached to an aromatic ring is 1. The average Bonchev–Trinajstić information content (AvgIpc) is 3.82. The lowest BCUT2D eigenvalue weighted by Crippen LogP contribution is -2.48. The molecule has 0 spiro atoms. The number of carbonyl (C=O) groups is 2. The van der Waals surface area contributed by atoms with E-state index >= 15 is 0 Å². The molecule has 0 radical (unpaired) electrons. The molecule has 1 fully saturated rings. The predicted octanol–water partition coefficient (Wildman–Crippen LogP) is 5.74. The molecule has 0 aliphatic carbocycles. The van der Waals surface area contributed by atoms with Gasteiger partial charge in [0.15, 0.2) is 23.8 Å². The molecule has 4 N–H and O–H groups in total. The first kappa shape index (κ1) is 41.6. The van der Waals surface area contributed by atoms with Crippen molar-refractivity contribution in [2.75, 3.05) is 26.6 Å². The van der Waals surface area contributed by atoms with E-state index in [2.05, 4.69) is 20.3 Å². The highest BCUT2D eigenvalue weighted by atomic mass is 16.6. The fourth-order valence-corrected chi connectivity index (χ4v) is 7.25. The molecule has 5 atom stereocenters. The van der Waals surface area contributed by atoms with Gasteiger partial charge in [-0.3, -0.25) is 4.57 Å². The van der Waals surface area contributed by atoms with Crippen molar-refractivity contribution in [1.82, 2.24) is 24.8 Å². The number of alkyl carbamates (subject to hydrolysis) is 1. The van der Waals surface area contributed by atoms with Gasteiger partial charge in [-0.1, -0.05) is 84.9 Å². The van der Waals surface area contributed by atoms with Crippen molar-refractivity contribution < 1.29 is 43.1 Å². The number of hydrogen-bond acceptors (Lipinski definition) is 13. The molecule has 1 saturated heterocycles. The van der Waals surface area contributed by atoms with Crippen LogP contribution in [0.1, 0.15) is 49.3 Å². The molecule has 60 heavy (non-hydrogen) atoms. The standard InChI is InChI=1S/C45H48N6O9/c1-44(2,3)60-43(54)50-34(24-28-12-8-6-9-13-28)42(53)59-38-37(52)35(58-41(38)51-27-49-36-39(46)47-26-48-40(36)51)25-57-45(29-14-10-7-11-15-29,30-16-20-32(55-4)21-17-30)31-18-22-33(56-5)23-19-31/h6-23,26-27,34-35,37-38,41,52H,24-25H2,1-5H3,(H,50,54)(H2,46,47,48)/t34?,35-,37-,38+,41-/m0/s1. The van der Waals surface area contributed by atoms with E-state index in [0.717, 1.165) is 22.3 Å². The number of nitrogens with two attached hydrogens (primary N) is 1. The number of esters is 1. The minimum absolute atomic E-state index is 0.0703. The second-order valence-corrected chi connectivity index (χ2v) is 15.2. The van der Waals surface area contributed by atoms with Crippen molar-refractivity contribution in [3.8, 4) is 11.5 Å². The average molecular weight is 817 g/mol. The highest BCUT2D eigenvalue weighted by molar-refractivity contribution is 5.82. The number of methoxy groups -OCH3 is 2. The summed E-state index contributed by atoms with van der Waals surface area (Å²) in [6.45, 7) is 4.96. The zero-order chi connectivity index (χ0) is 42.4. The Labute approximate surface area is 347 Å². The zero-order valence-corrected chi connectivity index (χ0v) is 33.9. The zero-order valence-electron chi connectivity index (χ0n) is 33.9. The number of imidazole rings is 1. The van der Waals surface area contributed by atoms with E-state index in [1.807, 2.05) is 109 Å². The van der Waals surface area contributed by atoms with Crippen molar-refractivity contribution in [1.29, 1.82) is 0 Å². The number of amides is 1. The molecule has 3 heterocycles. The lowest BCUT2D eigenvalue weighted by molar-refractivity contribution is -0.161. The van der Waals surface area contributed by atoms with Crippen LogP contribution in [0.15, 0.2) is 122 Å². The summed E-state index contributed by atoms with van der Waals surface area (Å²) in [5.74, 6) is 0.599. The first-order valence-electron chi connectivity index (χ1n) is 19.4. The molecule has 6 aromatic rings. The molecule has 15 nitrogen and oxygen atoms in total. The Morgan fingerprint density at radius 2 is 1.42 bits per heavy atom. The number of aromatic nitrogens is 4. The van der Waals surface area contributed by atoms with Crippen molar-refractivity contribution >= 4 is 29.0 Å². The van der Waals surface area contributed by atoms with Gasteiger partial charge in [-0.25, -0.2) is 24.5 Å². The van der Waals surface area contributed by atoms with Gasteiger partial charge < -0.3 is 44.6 Å². The number of nitrogens with one attached hydrogen (secondary N) is 1. The van der Waals surface area contributed by atoms with Crippen LogP contribution in [0.3, 0.4) is 0 Å². The van der Waals surface area contributed by atoms with Gasteiger partial charge in [0.25, 0.3) is 0 Å². The molecular formula is C45H48N6O9. The largest absolute Gasteiger partial charge is 0.497 e. The number of fused-ring (bicyclic) bond motifs is 1. The van der Waals surface area contributed by atoms with Crippen LogP contribution in [0.5, 0.6) is 11.5 Å². The van der Waals surface area contributed by atoms with Crippen molar-refractivity contribution in [3.05, 3.63) is 144 Å². The van der Waals surface area contributed by atoms with Gasteiger partial charge in [0.05, 0.1) is 27.2 Å². The van der Waals surface area contributed by atoms with Gasteiger partial charge in [-0.05, 0) is 67.3 Å². The van der Waals surface area contributed by atoms with E-state index < -0.39 is 53.8 Å². The van der Waals surface area contributed by atoms with E-state index in [0.29, 0.717) is 11.5 Å². The fourth-order valence-electron chi connectivity index (χ4n) is 7.25. The van der Waals surface area contributed by atoms with Gasteiger partial charge in [0.1, 0.15) is 52.8 Å². The third-order valence-electron chi connectivity index (χ3n) is 10.1. The third kappa shape index (κ3) is 8.88. The predicted molar refractivity (Wildman–Crippen MR) is 221 cm³/mol. The van der Waals surface area contributed by atoms with Crippen LogP contribution < -0.4 is 20.5 Å². The molecular weight excluding hydrogens is 769 g/mol. The second kappa shape index (κ2) is 17.7. The van der Waals surface area contributed by atoms with Gasteiger partial charge in [0, 0.05) is 6.42 Å². The summed E-state index contributed by atoms with van der Waals surface area (Å²) in [4.78, 5) is 40.2. The first-order valence-corrected chi connectivity index (χ1v) is 19.4. The Hall–Kier alpha value is -6.55. The summed E-state index contributed by atoms with van der Waals surface area (Å²) in [7, 11) is 3.19. The molecule has 312 valence electrons. The van der Waals surface area contributed by atoms with Gasteiger partial charge in [-0.15, -0.1) is 0 Å².